The molecule has 0 radical (unpaired) electrons. The molecule has 69 heavy (non-hydrogen) atoms. The van der Waals surface area contributed by atoms with E-state index >= 15 is 0 Å². The molecule has 2 aliphatic carbocycles. The second kappa shape index (κ2) is 21.4. The first kappa shape index (κ1) is 55.6. The topological polar surface area (TPSA) is 200 Å². The van der Waals surface area contributed by atoms with E-state index in [-0.39, 0.29) is 30.3 Å². The van der Waals surface area contributed by atoms with Crippen LogP contribution in [-0.4, -0.2) is 85.4 Å². The van der Waals surface area contributed by atoms with Crippen molar-refractivity contribution in [3.8, 4) is 23.0 Å². The molecule has 4 amide bonds. The number of benzene rings is 4. The summed E-state index contributed by atoms with van der Waals surface area (Å²) >= 11 is 0. The molecule has 0 bridgehead atoms. The monoisotopic (exact) mass is 980 g/mol. The summed E-state index contributed by atoms with van der Waals surface area (Å²) in [4.78, 5) is 25.6. The summed E-state index contributed by atoms with van der Waals surface area (Å²) in [5, 5.41) is 51.6. The van der Waals surface area contributed by atoms with Crippen molar-refractivity contribution >= 4 is 23.4 Å². The molecule has 0 aromatic heterocycles. The molecule has 4 aromatic carbocycles. The van der Waals surface area contributed by atoms with Gasteiger partial charge in [-0.15, -0.1) is 0 Å². The number of aliphatic hydroxyl groups is 4. The number of rotatable bonds is 10. The molecule has 0 fully saturated rings. The summed E-state index contributed by atoms with van der Waals surface area (Å²) in [5.41, 5.74) is 1.65. The van der Waals surface area contributed by atoms with E-state index in [2.05, 4.69) is 21.3 Å². The Bertz CT molecular complexity index is 2300. The van der Waals surface area contributed by atoms with Crippen molar-refractivity contribution in [3.63, 3.8) is 0 Å². The van der Waals surface area contributed by atoms with Gasteiger partial charge < -0.3 is 60.6 Å². The summed E-state index contributed by atoms with van der Waals surface area (Å²) < 4.78 is 101. The van der Waals surface area contributed by atoms with Gasteiger partial charge in [0.1, 0.15) is 23.0 Å². The number of anilines is 2. The molecular formula is C49H62F6N4O10. The summed E-state index contributed by atoms with van der Waals surface area (Å²) in [6, 6.07) is 13.2. The fourth-order valence-corrected chi connectivity index (χ4v) is 7.94. The van der Waals surface area contributed by atoms with E-state index in [9.17, 15) is 56.4 Å². The van der Waals surface area contributed by atoms with Crippen molar-refractivity contribution in [1.82, 2.24) is 10.6 Å². The summed E-state index contributed by atoms with van der Waals surface area (Å²) in [5.74, 6) is 0.547. The highest BCUT2D eigenvalue weighted by atomic mass is 19.4. The van der Waals surface area contributed by atoms with Crippen molar-refractivity contribution in [2.24, 2.45) is 0 Å². The number of fused-ring (bicyclic) bond motifs is 2. The summed E-state index contributed by atoms with van der Waals surface area (Å²) in [6.07, 6.45) is -16.7. The Balaban J connectivity index is 0.000000296. The van der Waals surface area contributed by atoms with E-state index < -0.39 is 82.9 Å². The Morgan fingerprint density at radius 3 is 1.17 bits per heavy atom. The van der Waals surface area contributed by atoms with Crippen LogP contribution >= 0.6 is 0 Å². The highest BCUT2D eigenvalue weighted by Gasteiger charge is 2.44. The van der Waals surface area contributed by atoms with Crippen LogP contribution in [0.25, 0.3) is 0 Å². The zero-order valence-corrected chi connectivity index (χ0v) is 39.2. The number of hydrogen-bond donors (Lipinski definition) is 8. The lowest BCUT2D eigenvalue weighted by atomic mass is 9.84. The number of nitrogens with one attached hydrogen (secondary N) is 4. The number of halogens is 6. The van der Waals surface area contributed by atoms with Gasteiger partial charge in [-0.2, -0.15) is 26.3 Å². The maximum Gasteiger partial charge on any atom is 0.418 e. The average Bonchev–Trinajstić information content (AvgIpc) is 3.73. The highest BCUT2D eigenvalue weighted by molar-refractivity contribution is 5.93. The third kappa shape index (κ3) is 12.8. The predicted octanol–water partition coefficient (Wildman–Crippen LogP) is 9.39. The van der Waals surface area contributed by atoms with Crippen LogP contribution in [0.5, 0.6) is 23.0 Å². The van der Waals surface area contributed by atoms with Crippen molar-refractivity contribution in [1.29, 1.82) is 0 Å². The third-order valence-corrected chi connectivity index (χ3v) is 11.7. The first-order valence-electron chi connectivity index (χ1n) is 21.3. The lowest BCUT2D eigenvalue weighted by Gasteiger charge is -2.26. The molecule has 0 heterocycles. The minimum Gasteiger partial charge on any atom is -0.497 e. The van der Waals surface area contributed by atoms with Gasteiger partial charge in [-0.25, -0.2) is 9.59 Å². The minimum absolute atomic E-state index is 0. The number of aliphatic hydroxyl groups excluding tert-OH is 4. The largest absolute Gasteiger partial charge is 0.497 e. The Labute approximate surface area is 397 Å². The van der Waals surface area contributed by atoms with Crippen molar-refractivity contribution in [3.05, 3.63) is 105 Å². The maximum atomic E-state index is 13.3. The van der Waals surface area contributed by atoms with Crippen LogP contribution in [0, 0.1) is 0 Å². The lowest BCUT2D eigenvalue weighted by molar-refractivity contribution is -0.207. The number of alkyl halides is 6. The summed E-state index contributed by atoms with van der Waals surface area (Å²) in [6.45, 7) is 10.8. The van der Waals surface area contributed by atoms with Gasteiger partial charge >= 0.3 is 24.4 Å². The fraction of sp³-hybridized carbons (Fsp3) is 0.469. The van der Waals surface area contributed by atoms with Crippen LogP contribution in [0.15, 0.2) is 60.7 Å². The molecule has 0 unspecified atom stereocenters. The number of ether oxygens (including phenoxy) is 4. The van der Waals surface area contributed by atoms with E-state index in [1.807, 2.05) is 0 Å². The highest BCUT2D eigenvalue weighted by Crippen LogP contribution is 2.45. The standard InChI is InChI=1S/2C24H29F3N2O5.CH4/c2*1-23(2,3)13-9-16(21(31)24(25,26)27)20(34-5)18(10-13)29-22(32)28-17-8-12-6-7-14(33-4)11-15(12)19(17)30;/h2*6-7,9-11,17,19,21,30-31H,8H2,1-5H3,(H2,28,29,32);1H4/t17-,19+,21+;17-,19+,21-;/m01./s1. The second-order valence-corrected chi connectivity index (χ2v) is 18.5. The summed E-state index contributed by atoms with van der Waals surface area (Å²) in [7, 11) is 5.34. The van der Waals surface area contributed by atoms with Crippen LogP contribution in [-0.2, 0) is 23.7 Å². The van der Waals surface area contributed by atoms with Crippen LogP contribution in [0.4, 0.5) is 47.3 Å². The number of carbonyl (C=O) groups is 2. The minimum atomic E-state index is -4.93. The molecular weight excluding hydrogens is 919 g/mol. The van der Waals surface area contributed by atoms with E-state index in [0.717, 1.165) is 25.3 Å². The molecule has 4 aromatic rings. The number of methoxy groups -OCH3 is 4. The molecule has 6 rings (SSSR count). The van der Waals surface area contributed by atoms with Gasteiger partial charge in [-0.3, -0.25) is 0 Å². The van der Waals surface area contributed by atoms with Gasteiger partial charge in [0, 0.05) is 11.1 Å². The molecule has 8 N–H and O–H groups in total. The van der Waals surface area contributed by atoms with Gasteiger partial charge in [0.15, 0.2) is 12.2 Å². The third-order valence-electron chi connectivity index (χ3n) is 11.7. The number of urea groups is 2. The maximum absolute atomic E-state index is 13.3. The smallest absolute Gasteiger partial charge is 0.418 e. The molecule has 14 nitrogen and oxygen atoms in total. The Hall–Kier alpha value is -5.96. The van der Waals surface area contributed by atoms with Gasteiger partial charge in [-0.1, -0.05) is 61.1 Å². The zero-order chi connectivity index (χ0) is 50.8. The van der Waals surface area contributed by atoms with Crippen molar-refractivity contribution in [2.75, 3.05) is 39.1 Å². The molecule has 0 spiro atoms. The number of amides is 4. The van der Waals surface area contributed by atoms with Crippen molar-refractivity contribution < 1.29 is 75.3 Å². The SMILES string of the molecule is C.COc1ccc2c(c1)[C@@H](O)[C@@H](NC(=O)Nc1cc(C(C)(C)C)cc([C@@H](O)C(F)(F)F)c1OC)C2.COc1ccc2c(c1)[C@H](O)[C@H](NC(=O)Nc1cc(C(C)(C)C)cc([C@@H](O)C(F)(F)F)c1OC)C2. The van der Waals surface area contributed by atoms with E-state index in [1.165, 1.54) is 38.5 Å². The number of carbonyl (C=O) groups excluding carboxylic acids is 2. The van der Waals surface area contributed by atoms with Crippen LogP contribution in [0.1, 0.15) is 118 Å². The molecule has 20 heteroatoms. The Morgan fingerprint density at radius 1 is 0.565 bits per heavy atom. The first-order valence-corrected chi connectivity index (χ1v) is 21.3. The van der Waals surface area contributed by atoms with Crippen LogP contribution in [0.3, 0.4) is 0 Å². The van der Waals surface area contributed by atoms with Crippen LogP contribution in [0.2, 0.25) is 0 Å². The lowest BCUT2D eigenvalue weighted by Crippen LogP contribution is -2.40. The van der Waals surface area contributed by atoms with E-state index in [1.54, 1.807) is 77.9 Å². The molecule has 380 valence electrons. The second-order valence-electron chi connectivity index (χ2n) is 18.5. The molecule has 0 saturated heterocycles. The van der Waals surface area contributed by atoms with Gasteiger partial charge in [0.05, 0.1) is 64.1 Å². The van der Waals surface area contributed by atoms with Gasteiger partial charge in [0.25, 0.3) is 0 Å². The van der Waals surface area contributed by atoms with E-state index in [0.29, 0.717) is 46.6 Å². The van der Waals surface area contributed by atoms with Gasteiger partial charge in [-0.05, 0) is 106 Å². The first-order chi connectivity index (χ1) is 31.5. The predicted molar refractivity (Wildman–Crippen MR) is 247 cm³/mol. The molecule has 0 saturated carbocycles. The van der Waals surface area contributed by atoms with Crippen molar-refractivity contribution in [2.45, 2.75) is 121 Å². The molecule has 6 atom stereocenters. The quantitative estimate of drug-likeness (QED) is 0.0709. The molecule has 2 aliphatic rings. The zero-order valence-electron chi connectivity index (χ0n) is 39.2. The van der Waals surface area contributed by atoms with Crippen LogP contribution < -0.4 is 40.2 Å². The normalized spacial score (nSPS) is 18.5. The molecule has 0 aliphatic heterocycles. The van der Waals surface area contributed by atoms with E-state index in [4.69, 9.17) is 18.9 Å². The number of hydrogen-bond acceptors (Lipinski definition) is 10. The fourth-order valence-electron chi connectivity index (χ4n) is 7.94. The Kier molecular flexibility index (Phi) is 17.2. The van der Waals surface area contributed by atoms with Gasteiger partial charge in [0.2, 0.25) is 0 Å². The average molecular weight is 981 g/mol. The Morgan fingerprint density at radius 2 is 0.899 bits per heavy atom.